The van der Waals surface area contributed by atoms with Gasteiger partial charge in [0.15, 0.2) is 0 Å². The number of ether oxygens (including phenoxy) is 1. The van der Waals surface area contributed by atoms with Gasteiger partial charge in [-0.2, -0.15) is 0 Å². The molecule has 1 aliphatic rings. The Hall–Kier alpha value is -3.12. The molecule has 2 heterocycles. The Morgan fingerprint density at radius 2 is 2.00 bits per heavy atom. The number of benzene rings is 2. The molecule has 2 N–H and O–H groups in total. The lowest BCUT2D eigenvalue weighted by atomic mass is 9.96. The molecule has 0 saturated carbocycles. The van der Waals surface area contributed by atoms with Crippen LogP contribution in [0.2, 0.25) is 0 Å². The van der Waals surface area contributed by atoms with Gasteiger partial charge >= 0.3 is 0 Å². The van der Waals surface area contributed by atoms with Crippen LogP contribution in [-0.4, -0.2) is 41.0 Å². The predicted molar refractivity (Wildman–Crippen MR) is 128 cm³/mol. The average molecular weight is 433 g/mol. The molecule has 1 aliphatic heterocycles. The predicted octanol–water partition coefficient (Wildman–Crippen LogP) is 4.81. The number of hydrogen-bond donors (Lipinski definition) is 2. The maximum Gasteiger partial charge on any atom is 0.228 e. The summed E-state index contributed by atoms with van der Waals surface area (Å²) in [6.07, 6.45) is 2.83. The van der Waals surface area contributed by atoms with Crippen LogP contribution in [0.25, 0.3) is 11.1 Å². The van der Waals surface area contributed by atoms with Gasteiger partial charge in [-0.1, -0.05) is 37.3 Å². The number of likely N-dealkylation sites (tertiary alicyclic amines) is 1. The van der Waals surface area contributed by atoms with Crippen molar-refractivity contribution in [3.05, 3.63) is 65.7 Å². The lowest BCUT2D eigenvalue weighted by Crippen LogP contribution is -2.40. The largest absolute Gasteiger partial charge is 0.497 e. The molecule has 1 amide bonds. The molecule has 2 aromatic carbocycles. The van der Waals surface area contributed by atoms with E-state index in [0.29, 0.717) is 0 Å². The highest BCUT2D eigenvalue weighted by atomic mass is 16.5. The van der Waals surface area contributed by atoms with Gasteiger partial charge in [0, 0.05) is 36.5 Å². The maximum atomic E-state index is 13.2. The van der Waals surface area contributed by atoms with Crippen molar-refractivity contribution in [2.45, 2.75) is 39.7 Å². The summed E-state index contributed by atoms with van der Waals surface area (Å²) in [6, 6.07) is 15.9. The van der Waals surface area contributed by atoms with Crippen LogP contribution in [0.1, 0.15) is 37.0 Å². The summed E-state index contributed by atoms with van der Waals surface area (Å²) < 4.78 is 5.27. The second-order valence-corrected chi connectivity index (χ2v) is 8.45. The van der Waals surface area contributed by atoms with Crippen molar-refractivity contribution in [1.82, 2.24) is 14.9 Å². The molecule has 0 spiro atoms. The molecule has 32 heavy (non-hydrogen) atoms. The molecule has 6 heteroatoms. The molecular formula is C26H32N4O2. The van der Waals surface area contributed by atoms with Gasteiger partial charge in [-0.05, 0) is 50.1 Å². The van der Waals surface area contributed by atoms with Crippen LogP contribution in [0.5, 0.6) is 5.75 Å². The zero-order valence-electron chi connectivity index (χ0n) is 19.1. The van der Waals surface area contributed by atoms with Crippen molar-refractivity contribution in [3.8, 4) is 16.9 Å². The Morgan fingerprint density at radius 1 is 1.22 bits per heavy atom. The monoisotopic (exact) mass is 432 g/mol. The number of rotatable bonds is 7. The number of carbonyl (C=O) groups is 1. The Bertz CT molecular complexity index is 1060. The normalized spacial score (nSPS) is 16.7. The Labute approximate surface area is 190 Å². The van der Waals surface area contributed by atoms with Crippen molar-refractivity contribution >= 4 is 11.6 Å². The molecule has 1 atom stereocenters. The summed E-state index contributed by atoms with van der Waals surface area (Å²) in [6.45, 7) is 6.72. The fourth-order valence-electron chi connectivity index (χ4n) is 4.36. The lowest BCUT2D eigenvalue weighted by Gasteiger charge is -2.31. The highest BCUT2D eigenvalue weighted by molar-refractivity contribution is 5.97. The maximum absolute atomic E-state index is 13.2. The summed E-state index contributed by atoms with van der Waals surface area (Å²) in [4.78, 5) is 23.6. The number of aryl methyl sites for hydroxylation is 2. The zero-order valence-corrected chi connectivity index (χ0v) is 19.1. The highest BCUT2D eigenvalue weighted by Crippen LogP contribution is 2.30. The first-order chi connectivity index (χ1) is 15.6. The third-order valence-corrected chi connectivity index (χ3v) is 6.21. The van der Waals surface area contributed by atoms with E-state index in [9.17, 15) is 4.79 Å². The second kappa shape index (κ2) is 10.0. The molecular weight excluding hydrogens is 400 g/mol. The number of imidazole rings is 1. The molecule has 4 rings (SSSR count). The van der Waals surface area contributed by atoms with E-state index in [2.05, 4.69) is 29.0 Å². The quantitative estimate of drug-likeness (QED) is 0.562. The first kappa shape index (κ1) is 22.1. The average Bonchev–Trinajstić information content (AvgIpc) is 3.19. The van der Waals surface area contributed by atoms with Gasteiger partial charge in [-0.15, -0.1) is 0 Å². The van der Waals surface area contributed by atoms with Gasteiger partial charge < -0.3 is 15.0 Å². The van der Waals surface area contributed by atoms with Gasteiger partial charge in [-0.3, -0.25) is 9.69 Å². The van der Waals surface area contributed by atoms with Crippen LogP contribution < -0.4 is 10.1 Å². The fraction of sp³-hybridized carbons (Fsp3) is 0.385. The molecule has 3 aromatic rings. The first-order valence-corrected chi connectivity index (χ1v) is 11.4. The van der Waals surface area contributed by atoms with E-state index in [1.165, 1.54) is 0 Å². The molecule has 0 unspecified atom stereocenters. The number of para-hydroxylation sites is 1. The molecule has 6 nitrogen and oxygen atoms in total. The molecule has 1 fully saturated rings. The number of aromatic nitrogens is 2. The number of aromatic amines is 1. The van der Waals surface area contributed by atoms with E-state index >= 15 is 0 Å². The first-order valence-electron chi connectivity index (χ1n) is 11.4. The van der Waals surface area contributed by atoms with Crippen LogP contribution in [0, 0.1) is 12.8 Å². The molecule has 0 aliphatic carbocycles. The molecule has 0 radical (unpaired) electrons. The van der Waals surface area contributed by atoms with Gasteiger partial charge in [-0.25, -0.2) is 4.98 Å². The number of carbonyl (C=O) groups excluding carboxylic acids is 1. The van der Waals surface area contributed by atoms with Crippen molar-refractivity contribution in [3.63, 3.8) is 0 Å². The summed E-state index contributed by atoms with van der Waals surface area (Å²) in [7, 11) is 1.66. The fourth-order valence-corrected chi connectivity index (χ4v) is 4.36. The minimum absolute atomic E-state index is 0.0300. The number of nitrogens with one attached hydrogen (secondary N) is 2. The molecule has 168 valence electrons. The van der Waals surface area contributed by atoms with Gasteiger partial charge in [0.2, 0.25) is 5.91 Å². The van der Waals surface area contributed by atoms with Crippen LogP contribution >= 0.6 is 0 Å². The van der Waals surface area contributed by atoms with Gasteiger partial charge in [0.25, 0.3) is 0 Å². The van der Waals surface area contributed by atoms with E-state index in [-0.39, 0.29) is 11.8 Å². The van der Waals surface area contributed by atoms with E-state index in [1.54, 1.807) is 7.11 Å². The highest BCUT2D eigenvalue weighted by Gasteiger charge is 2.27. The lowest BCUT2D eigenvalue weighted by molar-refractivity contribution is -0.121. The van der Waals surface area contributed by atoms with Gasteiger partial charge in [0.1, 0.15) is 11.6 Å². The number of methoxy groups -OCH3 is 1. The van der Waals surface area contributed by atoms with Crippen LogP contribution in [0.15, 0.2) is 48.5 Å². The Morgan fingerprint density at radius 3 is 2.72 bits per heavy atom. The number of H-pyrrole nitrogens is 1. The van der Waals surface area contributed by atoms with E-state index < -0.39 is 0 Å². The summed E-state index contributed by atoms with van der Waals surface area (Å²) in [5, 5.41) is 3.20. The molecule has 0 bridgehead atoms. The summed E-state index contributed by atoms with van der Waals surface area (Å²) in [5.41, 5.74) is 5.12. The molecule has 1 saturated heterocycles. The van der Waals surface area contributed by atoms with Crippen molar-refractivity contribution < 1.29 is 9.53 Å². The number of hydrogen-bond acceptors (Lipinski definition) is 4. The van der Waals surface area contributed by atoms with Crippen molar-refractivity contribution in [1.29, 1.82) is 0 Å². The zero-order chi connectivity index (χ0) is 22.5. The minimum atomic E-state index is -0.0300. The van der Waals surface area contributed by atoms with Crippen LogP contribution in [0.4, 0.5) is 5.69 Å². The number of piperidine rings is 1. The van der Waals surface area contributed by atoms with E-state index in [1.807, 2.05) is 48.5 Å². The topological polar surface area (TPSA) is 70.2 Å². The Balaban J connectivity index is 1.44. The molecule has 1 aromatic heterocycles. The van der Waals surface area contributed by atoms with Gasteiger partial charge in [0.05, 0.1) is 18.7 Å². The van der Waals surface area contributed by atoms with Crippen LogP contribution in [-0.2, 0) is 17.8 Å². The van der Waals surface area contributed by atoms with Crippen LogP contribution in [0.3, 0.4) is 0 Å². The van der Waals surface area contributed by atoms with Crippen molar-refractivity contribution in [2.75, 3.05) is 25.5 Å². The second-order valence-electron chi connectivity index (χ2n) is 8.45. The van der Waals surface area contributed by atoms with E-state index in [4.69, 9.17) is 9.72 Å². The Kier molecular flexibility index (Phi) is 6.90. The van der Waals surface area contributed by atoms with Crippen molar-refractivity contribution in [2.24, 2.45) is 5.92 Å². The number of nitrogens with zero attached hydrogens (tertiary/aromatic N) is 2. The number of anilines is 1. The third kappa shape index (κ3) is 5.02. The third-order valence-electron chi connectivity index (χ3n) is 6.21. The summed E-state index contributed by atoms with van der Waals surface area (Å²) in [5.74, 6) is 1.90. The number of amides is 1. The standard InChI is InChI=1S/C26H32N4O2/c1-4-25-27-18(2)24(28-25)17-30-15-7-8-20(16-30)26(31)29-23-10-6-5-9-22(23)19-11-13-21(32-3)14-12-19/h5-6,9-14,20H,4,7-8,15-17H2,1-3H3,(H,27,28)(H,29,31)/t20-/m1/s1. The minimum Gasteiger partial charge on any atom is -0.497 e. The SMILES string of the molecule is CCc1nc(CN2CCC[C@@H](C(=O)Nc3ccccc3-c3ccc(OC)cc3)C2)c(C)[nH]1. The smallest absolute Gasteiger partial charge is 0.228 e. The summed E-state index contributed by atoms with van der Waals surface area (Å²) >= 11 is 0. The van der Waals surface area contributed by atoms with E-state index in [0.717, 1.165) is 78.7 Å².